The predicted octanol–water partition coefficient (Wildman–Crippen LogP) is 4.85. The van der Waals surface area contributed by atoms with Gasteiger partial charge in [-0.2, -0.15) is 0 Å². The van der Waals surface area contributed by atoms with Gasteiger partial charge in [0.25, 0.3) is 0 Å². The molecule has 0 saturated heterocycles. The molecule has 0 fully saturated rings. The van der Waals surface area contributed by atoms with Gasteiger partial charge in [-0.25, -0.2) is 0 Å². The predicted molar refractivity (Wildman–Crippen MR) is 102 cm³/mol. The summed E-state index contributed by atoms with van der Waals surface area (Å²) >= 11 is 0. The number of rotatable bonds is 14. The van der Waals surface area contributed by atoms with Gasteiger partial charge in [-0.15, -0.1) is 0 Å². The van der Waals surface area contributed by atoms with Crippen LogP contribution in [0, 0.1) is 0 Å². The van der Waals surface area contributed by atoms with Crippen molar-refractivity contribution in [1.29, 1.82) is 0 Å². The van der Waals surface area contributed by atoms with Crippen molar-refractivity contribution in [2.24, 2.45) is 0 Å². The first-order valence-electron chi connectivity index (χ1n) is 9.60. The third-order valence-corrected chi connectivity index (χ3v) is 4.22. The number of carboxylic acids is 2. The third-order valence-electron chi connectivity index (χ3n) is 4.22. The number of hydrogen-bond donors (Lipinski definition) is 2. The molecule has 1 rings (SSSR count). The van der Waals surface area contributed by atoms with Gasteiger partial charge in [0.1, 0.15) is 5.75 Å². The van der Waals surface area contributed by atoms with E-state index in [0.717, 1.165) is 44.3 Å². The molecule has 0 radical (unpaired) electrons. The molecule has 5 nitrogen and oxygen atoms in total. The smallest absolute Gasteiger partial charge is 0.303 e. The van der Waals surface area contributed by atoms with Crippen molar-refractivity contribution in [3.8, 4) is 5.75 Å². The second-order valence-electron chi connectivity index (χ2n) is 7.01. The average Bonchev–Trinajstić information content (AvgIpc) is 2.54. The Morgan fingerprint density at radius 2 is 1.38 bits per heavy atom. The van der Waals surface area contributed by atoms with Gasteiger partial charge in [0.05, 0.1) is 6.10 Å². The molecule has 1 aromatic rings. The van der Waals surface area contributed by atoms with Crippen molar-refractivity contribution in [1.82, 2.24) is 0 Å². The van der Waals surface area contributed by atoms with Gasteiger partial charge in [0, 0.05) is 12.8 Å². The lowest BCUT2D eigenvalue weighted by Gasteiger charge is -2.15. The van der Waals surface area contributed by atoms with E-state index < -0.39 is 11.9 Å². The molecule has 0 amide bonds. The molecule has 146 valence electrons. The van der Waals surface area contributed by atoms with Gasteiger partial charge in [0.15, 0.2) is 0 Å². The van der Waals surface area contributed by atoms with Crippen LogP contribution in [0.2, 0.25) is 0 Å². The highest BCUT2D eigenvalue weighted by Crippen LogP contribution is 2.23. The van der Waals surface area contributed by atoms with Crippen LogP contribution in [0.1, 0.15) is 76.3 Å². The third kappa shape index (κ3) is 10.1. The topological polar surface area (TPSA) is 83.8 Å². The SMILES string of the molecule is CC(C)Oc1ccc(CCCCCC(=O)O)c(CCCCCC(=O)O)c1. The Labute approximate surface area is 156 Å². The average molecular weight is 364 g/mol. The Morgan fingerprint density at radius 1 is 0.846 bits per heavy atom. The van der Waals surface area contributed by atoms with E-state index in [4.69, 9.17) is 14.9 Å². The molecule has 0 aromatic heterocycles. The van der Waals surface area contributed by atoms with Crippen LogP contribution in [-0.2, 0) is 22.4 Å². The van der Waals surface area contributed by atoms with Gasteiger partial charge in [-0.05, 0) is 75.6 Å². The monoisotopic (exact) mass is 364 g/mol. The van der Waals surface area contributed by atoms with Crippen LogP contribution in [0.25, 0.3) is 0 Å². The highest BCUT2D eigenvalue weighted by Gasteiger charge is 2.07. The van der Waals surface area contributed by atoms with Crippen molar-refractivity contribution in [3.63, 3.8) is 0 Å². The fourth-order valence-electron chi connectivity index (χ4n) is 2.96. The van der Waals surface area contributed by atoms with Crippen molar-refractivity contribution >= 4 is 11.9 Å². The summed E-state index contributed by atoms with van der Waals surface area (Å²) in [6, 6.07) is 6.21. The maximum atomic E-state index is 10.6. The number of unbranched alkanes of at least 4 members (excludes halogenated alkanes) is 4. The molecule has 0 aliphatic rings. The highest BCUT2D eigenvalue weighted by atomic mass is 16.5. The molecule has 26 heavy (non-hydrogen) atoms. The van der Waals surface area contributed by atoms with E-state index in [2.05, 4.69) is 12.1 Å². The Bertz CT molecular complexity index is 566. The molecule has 0 aliphatic heterocycles. The van der Waals surface area contributed by atoms with Crippen LogP contribution >= 0.6 is 0 Å². The minimum atomic E-state index is -0.737. The van der Waals surface area contributed by atoms with Crippen LogP contribution in [0.4, 0.5) is 0 Å². The van der Waals surface area contributed by atoms with E-state index in [1.54, 1.807) is 0 Å². The zero-order valence-electron chi connectivity index (χ0n) is 16.0. The van der Waals surface area contributed by atoms with Crippen molar-refractivity contribution < 1.29 is 24.5 Å². The van der Waals surface area contributed by atoms with Crippen LogP contribution in [-0.4, -0.2) is 28.3 Å². The van der Waals surface area contributed by atoms with E-state index in [-0.39, 0.29) is 18.9 Å². The van der Waals surface area contributed by atoms with Crippen LogP contribution in [0.15, 0.2) is 18.2 Å². The molecule has 0 heterocycles. The number of carboxylic acid groups (broad SMARTS) is 2. The zero-order valence-corrected chi connectivity index (χ0v) is 16.0. The second-order valence-corrected chi connectivity index (χ2v) is 7.01. The summed E-state index contributed by atoms with van der Waals surface area (Å²) in [7, 11) is 0. The maximum absolute atomic E-state index is 10.6. The molecule has 0 unspecified atom stereocenters. The Kier molecular flexibility index (Phi) is 10.4. The largest absolute Gasteiger partial charge is 0.491 e. The van der Waals surface area contributed by atoms with Crippen molar-refractivity contribution in [2.75, 3.05) is 0 Å². The van der Waals surface area contributed by atoms with E-state index in [0.29, 0.717) is 12.8 Å². The lowest BCUT2D eigenvalue weighted by molar-refractivity contribution is -0.138. The summed E-state index contributed by atoms with van der Waals surface area (Å²) in [4.78, 5) is 21.2. The van der Waals surface area contributed by atoms with E-state index in [1.807, 2.05) is 19.9 Å². The lowest BCUT2D eigenvalue weighted by atomic mass is 9.96. The molecule has 5 heteroatoms. The standard InChI is InChI=1S/C21H32O5/c1-16(2)26-19-14-13-17(9-5-3-7-11-20(22)23)18(15-19)10-6-4-8-12-21(24)25/h13-16H,3-12H2,1-2H3,(H,22,23)(H,24,25). The molecule has 2 N–H and O–H groups in total. The van der Waals surface area contributed by atoms with Crippen LogP contribution in [0.5, 0.6) is 5.75 Å². The molecule has 0 saturated carbocycles. The summed E-state index contributed by atoms with van der Waals surface area (Å²) < 4.78 is 5.80. The lowest BCUT2D eigenvalue weighted by Crippen LogP contribution is -2.06. The maximum Gasteiger partial charge on any atom is 0.303 e. The number of aryl methyl sites for hydroxylation is 2. The minimum Gasteiger partial charge on any atom is -0.491 e. The van der Waals surface area contributed by atoms with Gasteiger partial charge < -0.3 is 14.9 Å². The van der Waals surface area contributed by atoms with Crippen molar-refractivity contribution in [3.05, 3.63) is 29.3 Å². The van der Waals surface area contributed by atoms with Crippen LogP contribution in [0.3, 0.4) is 0 Å². The fourth-order valence-corrected chi connectivity index (χ4v) is 2.96. The van der Waals surface area contributed by atoms with Gasteiger partial charge in [-0.1, -0.05) is 18.9 Å². The van der Waals surface area contributed by atoms with Gasteiger partial charge >= 0.3 is 11.9 Å². The normalized spacial score (nSPS) is 10.9. The first kappa shape index (κ1) is 22.0. The second kappa shape index (κ2) is 12.3. The summed E-state index contributed by atoms with van der Waals surface area (Å²) in [5.74, 6) is -0.600. The summed E-state index contributed by atoms with van der Waals surface area (Å²) in [6.45, 7) is 4.00. The van der Waals surface area contributed by atoms with E-state index in [9.17, 15) is 9.59 Å². The zero-order chi connectivity index (χ0) is 19.4. The molecular weight excluding hydrogens is 332 g/mol. The van der Waals surface area contributed by atoms with Gasteiger partial charge in [0.2, 0.25) is 0 Å². The first-order valence-corrected chi connectivity index (χ1v) is 9.60. The number of ether oxygens (including phenoxy) is 1. The summed E-state index contributed by atoms with van der Waals surface area (Å²) in [6.07, 6.45) is 7.62. The summed E-state index contributed by atoms with van der Waals surface area (Å²) in [5, 5.41) is 17.4. The highest BCUT2D eigenvalue weighted by molar-refractivity contribution is 5.66. The van der Waals surface area contributed by atoms with E-state index >= 15 is 0 Å². The number of aliphatic carboxylic acids is 2. The van der Waals surface area contributed by atoms with Crippen LogP contribution < -0.4 is 4.74 Å². The van der Waals surface area contributed by atoms with Gasteiger partial charge in [-0.3, -0.25) is 9.59 Å². The molecule has 0 atom stereocenters. The Balaban J connectivity index is 2.58. The molecular formula is C21H32O5. The number of carbonyl (C=O) groups is 2. The Morgan fingerprint density at radius 3 is 1.88 bits per heavy atom. The first-order chi connectivity index (χ1) is 12.4. The summed E-state index contributed by atoms with van der Waals surface area (Å²) in [5.41, 5.74) is 2.55. The minimum absolute atomic E-state index is 0.125. The molecule has 0 bridgehead atoms. The molecule has 1 aromatic carbocycles. The Hall–Kier alpha value is -2.04. The fraction of sp³-hybridized carbons (Fsp3) is 0.619. The molecule has 0 spiro atoms. The molecule has 0 aliphatic carbocycles. The van der Waals surface area contributed by atoms with Crippen molar-refractivity contribution in [2.45, 2.75) is 84.2 Å². The quantitative estimate of drug-likeness (QED) is 0.461. The number of benzene rings is 1. The van der Waals surface area contributed by atoms with E-state index in [1.165, 1.54) is 11.1 Å². The number of hydrogen-bond acceptors (Lipinski definition) is 3.